The highest BCUT2D eigenvalue weighted by atomic mass is 16.5. The number of nitrogens with two attached hydrogens (primary N) is 1. The van der Waals surface area contributed by atoms with Crippen LogP contribution in [0.3, 0.4) is 0 Å². The number of carbonyl (C=O) groups excluding carboxylic acids is 1. The predicted molar refractivity (Wildman–Crippen MR) is 78.8 cm³/mol. The number of ether oxygens (including phenoxy) is 1. The number of hydrogen-bond acceptors (Lipinski definition) is 3. The Labute approximate surface area is 118 Å². The summed E-state index contributed by atoms with van der Waals surface area (Å²) in [4.78, 5) is 12.2. The lowest BCUT2D eigenvalue weighted by Gasteiger charge is -2.21. The van der Waals surface area contributed by atoms with Crippen molar-refractivity contribution in [3.05, 3.63) is 0 Å². The van der Waals surface area contributed by atoms with Crippen LogP contribution in [0.25, 0.3) is 0 Å². The van der Waals surface area contributed by atoms with Crippen molar-refractivity contribution >= 4 is 5.97 Å². The van der Waals surface area contributed by atoms with Gasteiger partial charge in [0.05, 0.1) is 12.5 Å². The lowest BCUT2D eigenvalue weighted by Crippen LogP contribution is -2.36. The Bertz CT molecular complexity index is 255. The third kappa shape index (κ3) is 5.94. The van der Waals surface area contributed by atoms with E-state index in [4.69, 9.17) is 10.5 Å². The first-order valence-corrected chi connectivity index (χ1v) is 8.11. The zero-order valence-electron chi connectivity index (χ0n) is 12.7. The molecule has 112 valence electrons. The van der Waals surface area contributed by atoms with E-state index in [1.54, 1.807) is 0 Å². The second-order valence-electron chi connectivity index (χ2n) is 5.95. The van der Waals surface area contributed by atoms with Gasteiger partial charge in [0.15, 0.2) is 0 Å². The van der Waals surface area contributed by atoms with E-state index in [0.717, 1.165) is 38.5 Å². The van der Waals surface area contributed by atoms with Crippen molar-refractivity contribution < 1.29 is 9.53 Å². The van der Waals surface area contributed by atoms with E-state index in [-0.39, 0.29) is 17.9 Å². The summed E-state index contributed by atoms with van der Waals surface area (Å²) >= 11 is 0. The van der Waals surface area contributed by atoms with Crippen LogP contribution in [-0.4, -0.2) is 18.6 Å². The maximum Gasteiger partial charge on any atom is 0.310 e. The smallest absolute Gasteiger partial charge is 0.310 e. The maximum absolute atomic E-state index is 12.2. The topological polar surface area (TPSA) is 52.3 Å². The number of unbranched alkanes of at least 4 members (excludes halogenated alkanes) is 1. The molecule has 0 aliphatic heterocycles. The van der Waals surface area contributed by atoms with Gasteiger partial charge in [0.2, 0.25) is 0 Å². The molecule has 0 saturated heterocycles. The van der Waals surface area contributed by atoms with Gasteiger partial charge >= 0.3 is 5.97 Å². The van der Waals surface area contributed by atoms with Crippen molar-refractivity contribution in [3.8, 4) is 0 Å². The molecule has 1 rings (SSSR count). The average molecular weight is 269 g/mol. The zero-order valence-corrected chi connectivity index (χ0v) is 12.7. The fourth-order valence-corrected chi connectivity index (χ4v) is 2.83. The summed E-state index contributed by atoms with van der Waals surface area (Å²) in [6, 6.07) is 0.00529. The Hall–Kier alpha value is -0.570. The van der Waals surface area contributed by atoms with E-state index >= 15 is 0 Å². The van der Waals surface area contributed by atoms with Crippen LogP contribution in [0.1, 0.15) is 71.6 Å². The van der Waals surface area contributed by atoms with E-state index < -0.39 is 0 Å². The van der Waals surface area contributed by atoms with Gasteiger partial charge in [-0.15, -0.1) is 0 Å². The standard InChI is InChI=1S/C16H31NO2/c1-3-5-9-13(4-2)12-19-16(18)14-10-7-6-8-11-15(14)17/h13-15H,3-12,17H2,1-2H3. The molecule has 2 N–H and O–H groups in total. The lowest BCUT2D eigenvalue weighted by atomic mass is 9.95. The predicted octanol–water partition coefficient (Wildman–Crippen LogP) is 3.65. The van der Waals surface area contributed by atoms with Gasteiger partial charge in [-0.25, -0.2) is 0 Å². The highest BCUT2D eigenvalue weighted by Gasteiger charge is 2.28. The van der Waals surface area contributed by atoms with E-state index in [0.29, 0.717) is 12.5 Å². The molecule has 3 atom stereocenters. The van der Waals surface area contributed by atoms with Gasteiger partial charge in [0, 0.05) is 6.04 Å². The van der Waals surface area contributed by atoms with Crippen molar-refractivity contribution in [3.63, 3.8) is 0 Å². The second kappa shape index (κ2) is 9.35. The molecule has 0 aromatic heterocycles. The van der Waals surface area contributed by atoms with Crippen molar-refractivity contribution in [1.82, 2.24) is 0 Å². The van der Waals surface area contributed by atoms with Gasteiger partial charge < -0.3 is 10.5 Å². The highest BCUT2D eigenvalue weighted by Crippen LogP contribution is 2.24. The third-order valence-electron chi connectivity index (χ3n) is 4.38. The molecule has 1 aliphatic carbocycles. The summed E-state index contributed by atoms with van der Waals surface area (Å²) in [5.41, 5.74) is 6.10. The number of hydrogen-bond donors (Lipinski definition) is 1. The van der Waals surface area contributed by atoms with Crippen LogP contribution in [0, 0.1) is 11.8 Å². The van der Waals surface area contributed by atoms with Crippen molar-refractivity contribution in [2.45, 2.75) is 77.7 Å². The normalized spacial score (nSPS) is 25.6. The van der Waals surface area contributed by atoms with E-state index in [1.165, 1.54) is 19.3 Å². The molecule has 0 bridgehead atoms. The molecule has 0 aromatic rings. The Kier molecular flexibility index (Phi) is 8.11. The number of rotatable bonds is 7. The first kappa shape index (κ1) is 16.5. The van der Waals surface area contributed by atoms with Gasteiger partial charge in [-0.1, -0.05) is 52.4 Å². The van der Waals surface area contributed by atoms with Crippen molar-refractivity contribution in [1.29, 1.82) is 0 Å². The summed E-state index contributed by atoms with van der Waals surface area (Å²) in [5.74, 6) is 0.404. The largest absolute Gasteiger partial charge is 0.465 e. The first-order valence-electron chi connectivity index (χ1n) is 8.11. The van der Waals surface area contributed by atoms with Crippen LogP contribution in [0.15, 0.2) is 0 Å². The molecule has 3 heteroatoms. The fourth-order valence-electron chi connectivity index (χ4n) is 2.83. The molecule has 1 aliphatic rings. The van der Waals surface area contributed by atoms with Crippen molar-refractivity contribution in [2.75, 3.05) is 6.61 Å². The summed E-state index contributed by atoms with van der Waals surface area (Å²) in [6.45, 7) is 4.95. The van der Waals surface area contributed by atoms with Gasteiger partial charge in [-0.05, 0) is 25.2 Å². The average Bonchev–Trinajstić information content (AvgIpc) is 2.63. The molecule has 1 fully saturated rings. The molecular formula is C16H31NO2. The van der Waals surface area contributed by atoms with Crippen LogP contribution in [0.4, 0.5) is 0 Å². The molecule has 0 heterocycles. The molecule has 1 saturated carbocycles. The lowest BCUT2D eigenvalue weighted by molar-refractivity contribution is -0.151. The van der Waals surface area contributed by atoms with Crippen LogP contribution in [0.5, 0.6) is 0 Å². The first-order chi connectivity index (χ1) is 9.19. The molecule has 3 nitrogen and oxygen atoms in total. The van der Waals surface area contributed by atoms with Gasteiger partial charge in [0.25, 0.3) is 0 Å². The Morgan fingerprint density at radius 1 is 1.26 bits per heavy atom. The fraction of sp³-hybridized carbons (Fsp3) is 0.938. The minimum absolute atomic E-state index is 0.00529. The quantitative estimate of drug-likeness (QED) is 0.567. The van der Waals surface area contributed by atoms with E-state index in [2.05, 4.69) is 13.8 Å². The van der Waals surface area contributed by atoms with E-state index in [9.17, 15) is 4.79 Å². The molecule has 19 heavy (non-hydrogen) atoms. The van der Waals surface area contributed by atoms with Crippen LogP contribution in [-0.2, 0) is 9.53 Å². The molecule has 3 unspecified atom stereocenters. The molecule has 0 radical (unpaired) electrons. The van der Waals surface area contributed by atoms with Crippen LogP contribution < -0.4 is 5.73 Å². The highest BCUT2D eigenvalue weighted by molar-refractivity contribution is 5.73. The van der Waals surface area contributed by atoms with Crippen LogP contribution >= 0.6 is 0 Å². The van der Waals surface area contributed by atoms with E-state index in [1.807, 2.05) is 0 Å². The minimum Gasteiger partial charge on any atom is -0.465 e. The van der Waals surface area contributed by atoms with Gasteiger partial charge in [0.1, 0.15) is 0 Å². The SMILES string of the molecule is CCCCC(CC)COC(=O)C1CCCCCC1N. The second-order valence-corrected chi connectivity index (χ2v) is 5.95. The monoisotopic (exact) mass is 269 g/mol. The van der Waals surface area contributed by atoms with Gasteiger partial charge in [-0.3, -0.25) is 4.79 Å². The summed E-state index contributed by atoms with van der Waals surface area (Å²) < 4.78 is 5.54. The summed E-state index contributed by atoms with van der Waals surface area (Å²) in [5, 5.41) is 0. The summed E-state index contributed by atoms with van der Waals surface area (Å²) in [7, 11) is 0. The molecule has 0 spiro atoms. The minimum atomic E-state index is -0.0637. The van der Waals surface area contributed by atoms with Gasteiger partial charge in [-0.2, -0.15) is 0 Å². The maximum atomic E-state index is 12.2. The van der Waals surface area contributed by atoms with Crippen molar-refractivity contribution in [2.24, 2.45) is 17.6 Å². The summed E-state index contributed by atoms with van der Waals surface area (Å²) in [6.07, 6.45) is 10.0. The Morgan fingerprint density at radius 3 is 2.68 bits per heavy atom. The Morgan fingerprint density at radius 2 is 2.00 bits per heavy atom. The number of carbonyl (C=O) groups is 1. The number of esters is 1. The van der Waals surface area contributed by atoms with Crippen LogP contribution in [0.2, 0.25) is 0 Å². The molecular weight excluding hydrogens is 238 g/mol. The Balaban J connectivity index is 2.35. The zero-order chi connectivity index (χ0) is 14.1. The third-order valence-corrected chi connectivity index (χ3v) is 4.38. The molecule has 0 amide bonds. The molecule has 0 aromatic carbocycles.